The summed E-state index contributed by atoms with van der Waals surface area (Å²) in [4.78, 5) is 16.7. The van der Waals surface area contributed by atoms with Gasteiger partial charge in [-0.1, -0.05) is 42.5 Å². The predicted octanol–water partition coefficient (Wildman–Crippen LogP) is 6.39. The van der Waals surface area contributed by atoms with Crippen molar-refractivity contribution in [1.29, 1.82) is 0 Å². The van der Waals surface area contributed by atoms with Crippen molar-refractivity contribution in [3.63, 3.8) is 0 Å². The van der Waals surface area contributed by atoms with Gasteiger partial charge in [0, 0.05) is 11.6 Å². The van der Waals surface area contributed by atoms with E-state index in [1.807, 2.05) is 86.6 Å². The van der Waals surface area contributed by atoms with Crippen molar-refractivity contribution in [1.82, 2.24) is 4.98 Å². The molecule has 0 radical (unpaired) electrons. The second-order valence-corrected chi connectivity index (χ2v) is 9.04. The van der Waals surface area contributed by atoms with Crippen LogP contribution in [-0.4, -0.2) is 23.3 Å². The molecule has 1 atom stereocenters. The maximum atomic E-state index is 12.1. The van der Waals surface area contributed by atoms with E-state index in [2.05, 4.69) is 17.6 Å². The van der Waals surface area contributed by atoms with Crippen molar-refractivity contribution in [3.8, 4) is 17.2 Å². The predicted molar refractivity (Wildman–Crippen MR) is 142 cm³/mol. The smallest absolute Gasteiger partial charge is 0.193 e. The third-order valence-electron chi connectivity index (χ3n) is 5.71. The Bertz CT molecular complexity index is 1290. The maximum Gasteiger partial charge on any atom is 0.193 e. The molecule has 1 heterocycles. The molecule has 4 rings (SSSR count). The first kappa shape index (κ1) is 24.6. The van der Waals surface area contributed by atoms with Crippen LogP contribution in [0, 0.1) is 0 Å². The van der Waals surface area contributed by atoms with Gasteiger partial charge in [0.05, 0.1) is 30.2 Å². The molecule has 0 saturated carbocycles. The number of hydrogen-bond acceptors (Lipinski definition) is 5. The van der Waals surface area contributed by atoms with E-state index in [9.17, 15) is 4.79 Å². The van der Waals surface area contributed by atoms with Crippen LogP contribution < -0.4 is 14.2 Å². The zero-order chi connectivity index (χ0) is 24.8. The quantitative estimate of drug-likeness (QED) is 0.263. The Morgan fingerprint density at radius 2 is 1.69 bits per heavy atom. The number of benzene rings is 3. The molecular weight excluding hydrogens is 458 g/mol. The number of methoxy groups -OCH3 is 1. The highest BCUT2D eigenvalue weighted by molar-refractivity contribution is 7.96. The zero-order valence-corrected chi connectivity index (χ0v) is 21.0. The molecule has 0 aliphatic rings. The van der Waals surface area contributed by atoms with Crippen LogP contribution in [0.1, 0.15) is 36.5 Å². The first-order valence-electron chi connectivity index (χ1n) is 11.6. The fraction of sp³-hybridized carbons (Fsp3) is 0.241. The molecule has 6 heteroatoms. The number of rotatable bonds is 10. The standard InChI is InChI=1S/C29H29NO4S/c1-19(2)34-28-22(17-30-27-14-13-24(32-3)16-26(27)28)18-33-23-11-9-20(10-12-23)15-25(29(31)35)21-7-5-4-6-8-21/h4-14,16-17,19,25H,15,18H2,1-3H3,(H,31,35). The number of pyridine rings is 1. The first-order chi connectivity index (χ1) is 16.9. The molecule has 5 nitrogen and oxygen atoms in total. The van der Waals surface area contributed by atoms with Crippen molar-refractivity contribution in [3.05, 3.63) is 95.7 Å². The van der Waals surface area contributed by atoms with Crippen LogP contribution in [0.3, 0.4) is 0 Å². The molecular formula is C29H29NO4S. The number of ether oxygens (including phenoxy) is 3. The Kier molecular flexibility index (Phi) is 7.93. The van der Waals surface area contributed by atoms with Crippen LogP contribution in [0.25, 0.3) is 10.9 Å². The van der Waals surface area contributed by atoms with Gasteiger partial charge in [0.1, 0.15) is 23.9 Å². The molecule has 1 aromatic heterocycles. The van der Waals surface area contributed by atoms with Gasteiger partial charge in [0.25, 0.3) is 0 Å². The summed E-state index contributed by atoms with van der Waals surface area (Å²) in [5.41, 5.74) is 3.69. The van der Waals surface area contributed by atoms with E-state index in [1.165, 1.54) is 0 Å². The molecule has 0 spiro atoms. The first-order valence-corrected chi connectivity index (χ1v) is 12.0. The normalized spacial score (nSPS) is 11.9. The number of aromatic nitrogens is 1. The fourth-order valence-corrected chi connectivity index (χ4v) is 4.19. The minimum absolute atomic E-state index is 0.00284. The lowest BCUT2D eigenvalue weighted by Crippen LogP contribution is -2.10. The average molecular weight is 488 g/mol. The van der Waals surface area contributed by atoms with Gasteiger partial charge in [0.15, 0.2) is 5.12 Å². The second-order valence-electron chi connectivity index (χ2n) is 8.60. The van der Waals surface area contributed by atoms with Gasteiger partial charge in [-0.3, -0.25) is 9.78 Å². The summed E-state index contributed by atoms with van der Waals surface area (Å²) in [5.74, 6) is 1.93. The molecule has 0 aliphatic heterocycles. The molecule has 0 fully saturated rings. The van der Waals surface area contributed by atoms with E-state index in [0.717, 1.165) is 44.8 Å². The monoisotopic (exact) mass is 487 g/mol. The minimum atomic E-state index is -0.289. The lowest BCUT2D eigenvalue weighted by atomic mass is 9.93. The Hall–Kier alpha value is -3.51. The van der Waals surface area contributed by atoms with E-state index < -0.39 is 0 Å². The summed E-state index contributed by atoms with van der Waals surface area (Å²) in [6.45, 7) is 4.30. The zero-order valence-electron chi connectivity index (χ0n) is 20.1. The van der Waals surface area contributed by atoms with Gasteiger partial charge in [-0.25, -0.2) is 0 Å². The van der Waals surface area contributed by atoms with Crippen LogP contribution in [0.15, 0.2) is 79.0 Å². The number of hydrogen-bond donors (Lipinski definition) is 1. The average Bonchev–Trinajstić information content (AvgIpc) is 2.87. The fourth-order valence-electron chi connectivity index (χ4n) is 3.94. The highest BCUT2D eigenvalue weighted by Crippen LogP contribution is 2.33. The molecule has 0 bridgehead atoms. The molecule has 180 valence electrons. The number of fused-ring (bicyclic) bond motifs is 1. The van der Waals surface area contributed by atoms with Crippen molar-refractivity contribution in [2.75, 3.05) is 7.11 Å². The number of nitrogens with zero attached hydrogens (tertiary/aromatic N) is 1. The van der Waals surface area contributed by atoms with Crippen molar-refractivity contribution >= 4 is 28.6 Å². The molecule has 3 aromatic carbocycles. The van der Waals surface area contributed by atoms with Crippen LogP contribution in [-0.2, 0) is 17.8 Å². The summed E-state index contributed by atoms with van der Waals surface area (Å²) in [7, 11) is 1.64. The van der Waals surface area contributed by atoms with Gasteiger partial charge in [-0.05, 0) is 61.7 Å². The van der Waals surface area contributed by atoms with E-state index in [-0.39, 0.29) is 17.1 Å². The number of carbonyl (C=O) groups is 1. The van der Waals surface area contributed by atoms with E-state index in [0.29, 0.717) is 13.0 Å². The van der Waals surface area contributed by atoms with Crippen molar-refractivity contribution < 1.29 is 19.0 Å². The molecule has 0 N–H and O–H groups in total. The largest absolute Gasteiger partial charge is 0.497 e. The Morgan fingerprint density at radius 3 is 2.34 bits per heavy atom. The van der Waals surface area contributed by atoms with Crippen molar-refractivity contribution in [2.45, 2.75) is 38.9 Å². The summed E-state index contributed by atoms with van der Waals surface area (Å²) >= 11 is 4.11. The highest BCUT2D eigenvalue weighted by Gasteiger charge is 2.18. The lowest BCUT2D eigenvalue weighted by molar-refractivity contribution is -0.112. The minimum Gasteiger partial charge on any atom is -0.497 e. The van der Waals surface area contributed by atoms with Crippen LogP contribution in [0.4, 0.5) is 0 Å². The van der Waals surface area contributed by atoms with Crippen LogP contribution in [0.5, 0.6) is 17.2 Å². The van der Waals surface area contributed by atoms with Gasteiger partial charge >= 0.3 is 0 Å². The van der Waals surface area contributed by atoms with Crippen LogP contribution >= 0.6 is 12.6 Å². The molecule has 0 amide bonds. The molecule has 1 unspecified atom stereocenters. The summed E-state index contributed by atoms with van der Waals surface area (Å²) in [5, 5.41) is 0.743. The van der Waals surface area contributed by atoms with Gasteiger partial charge < -0.3 is 14.2 Å². The van der Waals surface area contributed by atoms with E-state index in [4.69, 9.17) is 14.2 Å². The van der Waals surface area contributed by atoms with E-state index >= 15 is 0 Å². The Labute approximate surface area is 211 Å². The molecule has 0 aliphatic carbocycles. The molecule has 0 saturated heterocycles. The molecule has 35 heavy (non-hydrogen) atoms. The van der Waals surface area contributed by atoms with E-state index in [1.54, 1.807) is 13.3 Å². The highest BCUT2D eigenvalue weighted by atomic mass is 32.1. The lowest BCUT2D eigenvalue weighted by Gasteiger charge is -2.17. The third kappa shape index (κ3) is 6.14. The molecule has 4 aromatic rings. The SMILES string of the molecule is COc1ccc2ncc(COc3ccc(CC(C(=O)S)c4ccccc4)cc3)c(OC(C)C)c2c1. The van der Waals surface area contributed by atoms with Gasteiger partial charge in [-0.15, -0.1) is 12.6 Å². The maximum absolute atomic E-state index is 12.1. The number of thiol groups is 1. The number of carbonyl (C=O) groups excluding carboxylic acids is 1. The topological polar surface area (TPSA) is 57.7 Å². The summed E-state index contributed by atoms with van der Waals surface area (Å²) in [6.07, 6.45) is 2.37. The Morgan fingerprint density at radius 1 is 0.971 bits per heavy atom. The van der Waals surface area contributed by atoms with Crippen LogP contribution in [0.2, 0.25) is 0 Å². The Balaban J connectivity index is 1.50. The second kappa shape index (κ2) is 11.3. The third-order valence-corrected chi connectivity index (χ3v) is 6.02. The van der Waals surface area contributed by atoms with Crippen molar-refractivity contribution in [2.24, 2.45) is 0 Å². The van der Waals surface area contributed by atoms with Gasteiger partial charge in [-0.2, -0.15) is 0 Å². The summed E-state index contributed by atoms with van der Waals surface area (Å²) in [6, 6.07) is 23.3. The van der Waals surface area contributed by atoms with Gasteiger partial charge in [0.2, 0.25) is 0 Å². The summed E-state index contributed by atoms with van der Waals surface area (Å²) < 4.78 is 17.6.